The standard InChI is InChI=1S/C14H19N3O2S.BrH/c1-3-20-13(15)17-16-12(18)14(8-9-14)10-4-6-11(19-2)7-5-10;/h4-7H,3,8-9H2,1-2H3,(H2,15,17)(H,16,18);1H. The van der Waals surface area contributed by atoms with E-state index in [-0.39, 0.29) is 22.9 Å². The van der Waals surface area contributed by atoms with Gasteiger partial charge in [0.15, 0.2) is 5.17 Å². The Morgan fingerprint density at radius 1 is 1.43 bits per heavy atom. The number of ether oxygens (including phenoxy) is 1. The van der Waals surface area contributed by atoms with Crippen molar-refractivity contribution in [2.45, 2.75) is 25.2 Å². The summed E-state index contributed by atoms with van der Waals surface area (Å²) in [6.45, 7) is 1.98. The third kappa shape index (κ3) is 4.14. The van der Waals surface area contributed by atoms with Crippen molar-refractivity contribution in [2.24, 2.45) is 10.8 Å². The molecule has 5 nitrogen and oxygen atoms in total. The van der Waals surface area contributed by atoms with E-state index in [1.807, 2.05) is 31.2 Å². The van der Waals surface area contributed by atoms with Crippen LogP contribution in [0.25, 0.3) is 0 Å². The largest absolute Gasteiger partial charge is 0.497 e. The number of nitrogens with two attached hydrogens (primary N) is 1. The maximum Gasteiger partial charge on any atom is 0.250 e. The topological polar surface area (TPSA) is 76.7 Å². The molecule has 0 spiro atoms. The smallest absolute Gasteiger partial charge is 0.250 e. The predicted octanol–water partition coefficient (Wildman–Crippen LogP) is 2.40. The van der Waals surface area contributed by atoms with E-state index in [0.29, 0.717) is 5.17 Å². The number of hydrogen-bond acceptors (Lipinski definition) is 4. The van der Waals surface area contributed by atoms with E-state index >= 15 is 0 Å². The normalized spacial score (nSPS) is 15.8. The summed E-state index contributed by atoms with van der Waals surface area (Å²) in [5.74, 6) is 1.52. The van der Waals surface area contributed by atoms with Crippen LogP contribution in [0, 0.1) is 0 Å². The molecule has 1 aliphatic carbocycles. The van der Waals surface area contributed by atoms with Crippen LogP contribution in [0.4, 0.5) is 0 Å². The molecule has 1 aromatic rings. The third-order valence-corrected chi connectivity index (χ3v) is 4.06. The van der Waals surface area contributed by atoms with Crippen molar-refractivity contribution in [3.63, 3.8) is 0 Å². The average molecular weight is 374 g/mol. The van der Waals surface area contributed by atoms with Gasteiger partial charge >= 0.3 is 0 Å². The first-order chi connectivity index (χ1) is 9.62. The van der Waals surface area contributed by atoms with E-state index in [4.69, 9.17) is 10.5 Å². The Balaban J connectivity index is 0.00000220. The Morgan fingerprint density at radius 3 is 2.52 bits per heavy atom. The lowest BCUT2D eigenvalue weighted by Gasteiger charge is -2.14. The van der Waals surface area contributed by atoms with Crippen LogP contribution in [0.15, 0.2) is 29.4 Å². The second kappa shape index (κ2) is 7.70. The molecule has 0 aromatic heterocycles. The zero-order chi connectivity index (χ0) is 14.6. The van der Waals surface area contributed by atoms with Gasteiger partial charge in [0.2, 0.25) is 0 Å². The van der Waals surface area contributed by atoms with Crippen molar-refractivity contribution in [3.8, 4) is 5.75 Å². The first-order valence-corrected chi connectivity index (χ1v) is 7.52. The Labute approximate surface area is 139 Å². The number of nitrogens with zero attached hydrogens (tertiary/aromatic N) is 1. The van der Waals surface area contributed by atoms with Gasteiger partial charge in [-0.05, 0) is 36.3 Å². The highest BCUT2D eigenvalue weighted by Crippen LogP contribution is 2.48. The maximum absolute atomic E-state index is 12.3. The molecule has 2 rings (SSSR count). The average Bonchev–Trinajstić information content (AvgIpc) is 3.27. The lowest BCUT2D eigenvalue weighted by Crippen LogP contribution is -2.32. The van der Waals surface area contributed by atoms with Gasteiger partial charge < -0.3 is 10.5 Å². The van der Waals surface area contributed by atoms with Gasteiger partial charge in [-0.15, -0.1) is 22.1 Å². The Bertz CT molecular complexity index is 515. The summed E-state index contributed by atoms with van der Waals surface area (Å²) in [6, 6.07) is 7.60. The van der Waals surface area contributed by atoms with Crippen molar-refractivity contribution < 1.29 is 9.53 Å². The first-order valence-electron chi connectivity index (χ1n) is 6.53. The van der Waals surface area contributed by atoms with E-state index in [9.17, 15) is 4.79 Å². The maximum atomic E-state index is 12.3. The predicted molar refractivity (Wildman–Crippen MR) is 92.1 cm³/mol. The number of thioether (sulfide) groups is 1. The Hall–Kier alpha value is -1.21. The third-order valence-electron chi connectivity index (χ3n) is 3.39. The number of amides is 1. The second-order valence-electron chi connectivity index (χ2n) is 4.63. The van der Waals surface area contributed by atoms with E-state index < -0.39 is 5.41 Å². The second-order valence-corrected chi connectivity index (χ2v) is 5.92. The van der Waals surface area contributed by atoms with Gasteiger partial charge in [-0.25, -0.2) is 5.43 Å². The lowest BCUT2D eigenvalue weighted by molar-refractivity contribution is -0.123. The van der Waals surface area contributed by atoms with Gasteiger partial charge in [0.1, 0.15) is 5.75 Å². The Kier molecular flexibility index (Phi) is 6.54. The van der Waals surface area contributed by atoms with Crippen molar-refractivity contribution in [2.75, 3.05) is 12.9 Å². The fourth-order valence-corrected chi connectivity index (χ4v) is 2.48. The highest BCUT2D eigenvalue weighted by atomic mass is 79.9. The van der Waals surface area contributed by atoms with Crippen LogP contribution >= 0.6 is 28.7 Å². The van der Waals surface area contributed by atoms with Gasteiger partial charge in [-0.1, -0.05) is 30.8 Å². The molecule has 0 bridgehead atoms. The zero-order valence-corrected chi connectivity index (χ0v) is 14.6. The summed E-state index contributed by atoms with van der Waals surface area (Å²) in [7, 11) is 1.62. The van der Waals surface area contributed by atoms with Gasteiger partial charge in [0.05, 0.1) is 12.5 Å². The quantitative estimate of drug-likeness (QED) is 0.472. The number of amidine groups is 1. The molecular formula is C14H20BrN3O2S. The molecule has 3 N–H and O–H groups in total. The number of carbonyl (C=O) groups excluding carboxylic acids is 1. The summed E-state index contributed by atoms with van der Waals surface area (Å²) >= 11 is 1.40. The highest BCUT2D eigenvalue weighted by Gasteiger charge is 2.51. The number of halogens is 1. The van der Waals surface area contributed by atoms with Crippen molar-refractivity contribution in [3.05, 3.63) is 29.8 Å². The summed E-state index contributed by atoms with van der Waals surface area (Å²) < 4.78 is 5.13. The van der Waals surface area contributed by atoms with Gasteiger partial charge in [0.25, 0.3) is 5.91 Å². The molecule has 7 heteroatoms. The summed E-state index contributed by atoms with van der Waals surface area (Å²) in [4.78, 5) is 12.3. The monoisotopic (exact) mass is 373 g/mol. The van der Waals surface area contributed by atoms with E-state index in [1.165, 1.54) is 11.8 Å². The molecule has 116 valence electrons. The van der Waals surface area contributed by atoms with E-state index in [1.54, 1.807) is 7.11 Å². The number of hydrogen-bond donors (Lipinski definition) is 2. The molecule has 0 radical (unpaired) electrons. The molecule has 0 saturated heterocycles. The molecule has 0 atom stereocenters. The number of rotatable bonds is 5. The molecule has 21 heavy (non-hydrogen) atoms. The van der Waals surface area contributed by atoms with Crippen LogP contribution < -0.4 is 15.9 Å². The molecule has 1 fully saturated rings. The molecule has 0 unspecified atom stereocenters. The van der Waals surface area contributed by atoms with E-state index in [0.717, 1.165) is 29.9 Å². The minimum Gasteiger partial charge on any atom is -0.497 e. The fraction of sp³-hybridized carbons (Fsp3) is 0.429. The summed E-state index contributed by atoms with van der Waals surface area (Å²) in [5.41, 5.74) is 8.77. The van der Waals surface area contributed by atoms with Crippen molar-refractivity contribution in [1.29, 1.82) is 0 Å². The summed E-state index contributed by atoms with van der Waals surface area (Å²) in [6.07, 6.45) is 1.67. The molecule has 1 aliphatic rings. The van der Waals surface area contributed by atoms with Crippen LogP contribution in [0.5, 0.6) is 5.75 Å². The number of methoxy groups -OCH3 is 1. The molecule has 1 aromatic carbocycles. The van der Waals surface area contributed by atoms with Crippen LogP contribution in [0.2, 0.25) is 0 Å². The number of nitrogens with one attached hydrogen (secondary N) is 1. The SMILES string of the molecule is Br.CCS/C(N)=N/NC(=O)C1(c2ccc(OC)cc2)CC1. The fourth-order valence-electron chi connectivity index (χ4n) is 2.07. The number of hydrazone groups is 1. The zero-order valence-electron chi connectivity index (χ0n) is 12.1. The minimum absolute atomic E-state index is 0. The number of benzene rings is 1. The lowest BCUT2D eigenvalue weighted by atomic mass is 9.95. The molecule has 0 aliphatic heterocycles. The van der Waals surface area contributed by atoms with Crippen LogP contribution in [0.1, 0.15) is 25.3 Å². The molecule has 1 amide bonds. The van der Waals surface area contributed by atoms with Crippen LogP contribution in [-0.4, -0.2) is 23.9 Å². The van der Waals surface area contributed by atoms with Crippen molar-refractivity contribution in [1.82, 2.24) is 5.43 Å². The number of carbonyl (C=O) groups is 1. The van der Waals surface area contributed by atoms with Crippen LogP contribution in [-0.2, 0) is 10.2 Å². The first kappa shape index (κ1) is 17.8. The van der Waals surface area contributed by atoms with Gasteiger partial charge in [-0.3, -0.25) is 4.79 Å². The van der Waals surface area contributed by atoms with Crippen molar-refractivity contribution >= 4 is 39.8 Å². The van der Waals surface area contributed by atoms with Gasteiger partial charge in [-0.2, -0.15) is 0 Å². The molecule has 0 heterocycles. The van der Waals surface area contributed by atoms with Crippen LogP contribution in [0.3, 0.4) is 0 Å². The molecule has 1 saturated carbocycles. The highest BCUT2D eigenvalue weighted by molar-refractivity contribution is 8.93. The van der Waals surface area contributed by atoms with E-state index in [2.05, 4.69) is 10.5 Å². The van der Waals surface area contributed by atoms with Gasteiger partial charge in [0, 0.05) is 0 Å². The summed E-state index contributed by atoms with van der Waals surface area (Å²) in [5, 5.41) is 4.29. The Morgan fingerprint density at radius 2 is 2.05 bits per heavy atom. The molecular weight excluding hydrogens is 354 g/mol. The minimum atomic E-state index is -0.451.